The second-order valence-corrected chi connectivity index (χ2v) is 7.89. The summed E-state index contributed by atoms with van der Waals surface area (Å²) >= 11 is 6.32. The van der Waals surface area contributed by atoms with Gasteiger partial charge in [0.15, 0.2) is 5.41 Å². The second kappa shape index (κ2) is 7.36. The zero-order valence-corrected chi connectivity index (χ0v) is 16.3. The average Bonchev–Trinajstić information content (AvgIpc) is 2.68. The van der Waals surface area contributed by atoms with Crippen LogP contribution >= 0.6 is 11.6 Å². The summed E-state index contributed by atoms with van der Waals surface area (Å²) in [6.45, 7) is 5.10. The Hall–Kier alpha value is -2.72. The minimum Gasteiger partial charge on any atom is -0.305 e. The molecule has 0 bridgehead atoms. The quantitative estimate of drug-likeness (QED) is 0.764. The fraction of sp³-hybridized carbons (Fsp3) is 0.429. The first-order valence-corrected chi connectivity index (χ1v) is 9.39. The molecule has 142 valence electrons. The van der Waals surface area contributed by atoms with E-state index in [0.29, 0.717) is 18.7 Å². The molecule has 2 aliphatic rings. The lowest BCUT2D eigenvalue weighted by Crippen LogP contribution is -2.54. The number of nitrogens with one attached hydrogen (secondary N) is 1. The summed E-state index contributed by atoms with van der Waals surface area (Å²) in [4.78, 5) is 2.14. The molecule has 1 fully saturated rings. The summed E-state index contributed by atoms with van der Waals surface area (Å²) in [5.41, 5.74) is -1.52. The first-order valence-electron chi connectivity index (χ1n) is 9.01. The van der Waals surface area contributed by atoms with E-state index in [4.69, 9.17) is 17.0 Å². The highest BCUT2D eigenvalue weighted by molar-refractivity contribution is 6.31. The summed E-state index contributed by atoms with van der Waals surface area (Å²) in [5.74, 6) is -3.03. The molecule has 28 heavy (non-hydrogen) atoms. The highest BCUT2D eigenvalue weighted by Gasteiger charge is 2.58. The van der Waals surface area contributed by atoms with E-state index in [1.165, 1.54) is 18.2 Å². The van der Waals surface area contributed by atoms with Gasteiger partial charge in [0, 0.05) is 41.6 Å². The van der Waals surface area contributed by atoms with Gasteiger partial charge in [-0.25, -0.2) is 4.39 Å². The van der Waals surface area contributed by atoms with Crippen LogP contribution in [0.5, 0.6) is 0 Å². The number of halogens is 2. The number of nitriles is 3. The van der Waals surface area contributed by atoms with Crippen molar-refractivity contribution in [2.75, 3.05) is 13.1 Å². The molecular formula is C21H19ClFN5. The van der Waals surface area contributed by atoms with Crippen molar-refractivity contribution in [1.82, 2.24) is 4.90 Å². The molecule has 0 saturated heterocycles. The molecular weight excluding hydrogens is 377 g/mol. The topological polar surface area (TPSA) is 98.5 Å². The SMILES string of the molecule is CC(C)N1CC=C2C(C#N)C(=N)C(C#N)(C#N)[C@@H](c3c(F)cccc3Cl)[C@@H]2C1. The van der Waals surface area contributed by atoms with Crippen LogP contribution in [0.1, 0.15) is 25.3 Å². The fourth-order valence-electron chi connectivity index (χ4n) is 4.37. The number of hydrogen-bond acceptors (Lipinski definition) is 5. The van der Waals surface area contributed by atoms with Gasteiger partial charge in [0.1, 0.15) is 11.7 Å². The van der Waals surface area contributed by atoms with Crippen molar-refractivity contribution in [2.45, 2.75) is 25.8 Å². The average molecular weight is 396 g/mol. The summed E-state index contributed by atoms with van der Waals surface area (Å²) < 4.78 is 14.9. The Morgan fingerprint density at radius 1 is 1.29 bits per heavy atom. The van der Waals surface area contributed by atoms with Gasteiger partial charge in [0.25, 0.3) is 0 Å². The van der Waals surface area contributed by atoms with E-state index in [0.717, 1.165) is 0 Å². The van der Waals surface area contributed by atoms with Crippen LogP contribution in [0.25, 0.3) is 0 Å². The minimum atomic E-state index is -1.96. The third-order valence-corrected chi connectivity index (χ3v) is 6.19. The van der Waals surface area contributed by atoms with Gasteiger partial charge in [-0.1, -0.05) is 23.7 Å². The Kier molecular flexibility index (Phi) is 5.26. The molecule has 1 aliphatic heterocycles. The Labute approximate surface area is 168 Å². The molecule has 1 N–H and O–H groups in total. The maximum absolute atomic E-state index is 14.9. The summed E-state index contributed by atoms with van der Waals surface area (Å²) in [6.07, 6.45) is 1.89. The molecule has 0 radical (unpaired) electrons. The van der Waals surface area contributed by atoms with Crippen LogP contribution in [0.3, 0.4) is 0 Å². The van der Waals surface area contributed by atoms with Crippen molar-refractivity contribution in [3.05, 3.63) is 46.3 Å². The first kappa shape index (κ1) is 20.0. The number of fused-ring (bicyclic) bond motifs is 1. The van der Waals surface area contributed by atoms with E-state index in [9.17, 15) is 20.2 Å². The van der Waals surface area contributed by atoms with Gasteiger partial charge in [0.05, 0.1) is 23.9 Å². The van der Waals surface area contributed by atoms with Gasteiger partial charge in [0.2, 0.25) is 0 Å². The Bertz CT molecular complexity index is 944. The van der Waals surface area contributed by atoms with Crippen LogP contribution in [0.2, 0.25) is 5.02 Å². The van der Waals surface area contributed by atoms with Crippen molar-refractivity contribution in [1.29, 1.82) is 21.2 Å². The maximum atomic E-state index is 14.9. The molecule has 1 heterocycles. The molecule has 3 rings (SSSR count). The molecule has 5 nitrogen and oxygen atoms in total. The van der Waals surface area contributed by atoms with Crippen molar-refractivity contribution in [3.8, 4) is 18.2 Å². The zero-order valence-electron chi connectivity index (χ0n) is 15.6. The first-order chi connectivity index (χ1) is 13.3. The Balaban J connectivity index is 2.32. The van der Waals surface area contributed by atoms with Gasteiger partial charge < -0.3 is 5.41 Å². The lowest BCUT2D eigenvalue weighted by Gasteiger charge is -2.48. The standard InChI is InChI=1S/C21H19ClFN5/c1-12(2)28-7-6-13-14(8-24)20(27)21(10-25,11-26)19(15(13)9-28)18-16(22)4-3-5-17(18)23/h3-6,12,14-15,19,27H,7,9H2,1-2H3/t14?,15-,19-/m1/s1. The van der Waals surface area contributed by atoms with Crippen LogP contribution in [0, 0.1) is 62.5 Å². The number of benzene rings is 1. The predicted octanol–water partition coefficient (Wildman–Crippen LogP) is 4.04. The lowest BCUT2D eigenvalue weighted by molar-refractivity contribution is 0.170. The molecule has 7 heteroatoms. The molecule has 1 aromatic rings. The van der Waals surface area contributed by atoms with E-state index >= 15 is 0 Å². The number of hydrogen-bond donors (Lipinski definition) is 1. The van der Waals surface area contributed by atoms with Crippen molar-refractivity contribution < 1.29 is 4.39 Å². The van der Waals surface area contributed by atoms with Crippen LogP contribution in [0.15, 0.2) is 29.8 Å². The highest BCUT2D eigenvalue weighted by atomic mass is 35.5. The molecule has 3 atom stereocenters. The van der Waals surface area contributed by atoms with Crippen LogP contribution in [-0.4, -0.2) is 29.7 Å². The predicted molar refractivity (Wildman–Crippen MR) is 103 cm³/mol. The van der Waals surface area contributed by atoms with E-state index in [1.807, 2.05) is 32.1 Å². The zero-order chi connectivity index (χ0) is 20.6. The molecule has 1 saturated carbocycles. The molecule has 1 unspecified atom stereocenters. The summed E-state index contributed by atoms with van der Waals surface area (Å²) in [7, 11) is 0. The Morgan fingerprint density at radius 3 is 2.50 bits per heavy atom. The largest absolute Gasteiger partial charge is 0.305 e. The molecule has 1 aromatic carbocycles. The van der Waals surface area contributed by atoms with Gasteiger partial charge in [-0.3, -0.25) is 4.90 Å². The normalized spacial score (nSPS) is 26.6. The number of rotatable bonds is 2. The third-order valence-electron chi connectivity index (χ3n) is 5.86. The van der Waals surface area contributed by atoms with Crippen molar-refractivity contribution in [2.24, 2.45) is 17.3 Å². The van der Waals surface area contributed by atoms with E-state index in [2.05, 4.69) is 11.0 Å². The van der Waals surface area contributed by atoms with Crippen molar-refractivity contribution >= 4 is 17.3 Å². The molecule has 1 aliphatic carbocycles. The summed E-state index contributed by atoms with van der Waals surface area (Å²) in [5, 5.41) is 38.3. The van der Waals surface area contributed by atoms with Crippen LogP contribution in [0.4, 0.5) is 4.39 Å². The van der Waals surface area contributed by atoms with Gasteiger partial charge in [-0.2, -0.15) is 15.8 Å². The molecule has 0 amide bonds. The molecule has 0 spiro atoms. The number of nitrogens with zero attached hydrogens (tertiary/aromatic N) is 4. The Morgan fingerprint density at radius 2 is 1.96 bits per heavy atom. The van der Waals surface area contributed by atoms with E-state index < -0.39 is 29.0 Å². The monoisotopic (exact) mass is 395 g/mol. The van der Waals surface area contributed by atoms with E-state index in [1.54, 1.807) is 0 Å². The summed E-state index contributed by atoms with van der Waals surface area (Å²) in [6, 6.07) is 10.4. The van der Waals surface area contributed by atoms with Crippen molar-refractivity contribution in [3.63, 3.8) is 0 Å². The minimum absolute atomic E-state index is 0.0647. The van der Waals surface area contributed by atoms with Crippen LogP contribution < -0.4 is 0 Å². The van der Waals surface area contributed by atoms with E-state index in [-0.39, 0.29) is 22.3 Å². The second-order valence-electron chi connectivity index (χ2n) is 7.48. The lowest BCUT2D eigenvalue weighted by atomic mass is 9.54. The fourth-order valence-corrected chi connectivity index (χ4v) is 4.65. The van der Waals surface area contributed by atoms with Gasteiger partial charge in [-0.15, -0.1) is 0 Å². The maximum Gasteiger partial charge on any atom is 0.189 e. The highest BCUT2D eigenvalue weighted by Crippen LogP contribution is 2.55. The van der Waals surface area contributed by atoms with Gasteiger partial charge >= 0.3 is 0 Å². The van der Waals surface area contributed by atoms with Crippen LogP contribution in [-0.2, 0) is 0 Å². The third kappa shape index (κ3) is 2.80. The van der Waals surface area contributed by atoms with Gasteiger partial charge in [-0.05, 0) is 31.6 Å². The molecule has 0 aromatic heterocycles. The smallest absolute Gasteiger partial charge is 0.189 e.